The lowest BCUT2D eigenvalue weighted by Gasteiger charge is -2.21. The number of likely N-dealkylation sites (N-methyl/N-ethyl adjacent to an activating group) is 1. The van der Waals surface area contributed by atoms with Gasteiger partial charge in [0.1, 0.15) is 13.2 Å². The van der Waals surface area contributed by atoms with E-state index in [4.69, 9.17) is 14.3 Å². The maximum absolute atomic E-state index is 12.2. The third kappa shape index (κ3) is 5.30. The van der Waals surface area contributed by atoms with Gasteiger partial charge in [0.15, 0.2) is 18.1 Å². The van der Waals surface area contributed by atoms with Crippen molar-refractivity contribution in [2.45, 2.75) is 9.79 Å². The second-order valence-corrected chi connectivity index (χ2v) is 7.16. The maximum Gasteiger partial charge on any atom is 0.343 e. The summed E-state index contributed by atoms with van der Waals surface area (Å²) in [6, 6.07) is 12.7. The Morgan fingerprint density at radius 2 is 1.79 bits per heavy atom. The molecule has 0 saturated carbocycles. The Hall–Kier alpha value is -2.91. The molecule has 2 N–H and O–H groups in total. The molecule has 0 bridgehead atoms. The second kappa shape index (κ2) is 9.34. The van der Waals surface area contributed by atoms with Gasteiger partial charge in [0.25, 0.3) is 5.91 Å². The highest BCUT2D eigenvalue weighted by Gasteiger charge is 2.18. The quantitative estimate of drug-likeness (QED) is 0.721. The predicted molar refractivity (Wildman–Crippen MR) is 105 cm³/mol. The zero-order chi connectivity index (χ0) is 19.9. The van der Waals surface area contributed by atoms with E-state index in [1.54, 1.807) is 20.2 Å². The topological polar surface area (TPSA) is 89.1 Å². The van der Waals surface area contributed by atoms with Gasteiger partial charge in [-0.15, -0.1) is 0 Å². The van der Waals surface area contributed by atoms with Gasteiger partial charge in [-0.1, -0.05) is 30.0 Å². The van der Waals surface area contributed by atoms with E-state index in [2.05, 4.69) is 10.8 Å². The lowest BCUT2D eigenvalue weighted by atomic mass is 10.2. The Kier molecular flexibility index (Phi) is 6.62. The van der Waals surface area contributed by atoms with Crippen molar-refractivity contribution in [2.24, 2.45) is 0 Å². The molecule has 9 heteroatoms. The summed E-state index contributed by atoms with van der Waals surface area (Å²) in [5.41, 5.74) is 2.75. The molecule has 1 heterocycles. The molecule has 1 aliphatic rings. The van der Waals surface area contributed by atoms with E-state index in [9.17, 15) is 9.59 Å². The van der Waals surface area contributed by atoms with Crippen molar-refractivity contribution in [2.75, 3.05) is 39.2 Å². The molecular formula is C19H21N3O5S. The van der Waals surface area contributed by atoms with Gasteiger partial charge in [-0.05, 0) is 12.1 Å². The number of benzene rings is 2. The molecule has 148 valence electrons. The van der Waals surface area contributed by atoms with Gasteiger partial charge in [0, 0.05) is 36.0 Å². The Bertz CT molecular complexity index is 845. The first-order chi connectivity index (χ1) is 13.5. The third-order valence-electron chi connectivity index (χ3n) is 3.72. The van der Waals surface area contributed by atoms with Crippen LogP contribution < -0.4 is 20.3 Å². The summed E-state index contributed by atoms with van der Waals surface area (Å²) in [6.45, 7) is 0.663. The number of nitrogens with zero attached hydrogens (tertiary/aromatic N) is 1. The molecule has 0 aliphatic carbocycles. The number of carbonyl (C=O) groups is 2. The minimum Gasteiger partial charge on any atom is -0.486 e. The Balaban J connectivity index is 1.72. The number of nitrogens with one attached hydrogen (secondary N) is 2. The smallest absolute Gasteiger partial charge is 0.343 e. The van der Waals surface area contributed by atoms with Crippen LogP contribution >= 0.6 is 11.8 Å². The fourth-order valence-corrected chi connectivity index (χ4v) is 3.24. The van der Waals surface area contributed by atoms with Gasteiger partial charge in [-0.2, -0.15) is 0 Å². The monoisotopic (exact) mass is 403 g/mol. The zero-order valence-corrected chi connectivity index (χ0v) is 16.4. The summed E-state index contributed by atoms with van der Waals surface area (Å²) < 4.78 is 11.2. The zero-order valence-electron chi connectivity index (χ0n) is 15.6. The molecule has 2 aromatic rings. The summed E-state index contributed by atoms with van der Waals surface area (Å²) in [4.78, 5) is 31.8. The highest BCUT2D eigenvalue weighted by molar-refractivity contribution is 7.99. The first kappa shape index (κ1) is 19.8. The van der Waals surface area contributed by atoms with Gasteiger partial charge in [-0.25, -0.2) is 10.3 Å². The van der Waals surface area contributed by atoms with Crippen LogP contribution in [0.15, 0.2) is 52.3 Å². The van der Waals surface area contributed by atoms with E-state index in [-0.39, 0.29) is 12.5 Å². The molecule has 3 rings (SSSR count). The van der Waals surface area contributed by atoms with Gasteiger partial charge < -0.3 is 19.7 Å². The van der Waals surface area contributed by atoms with Gasteiger partial charge in [0.05, 0.1) is 5.69 Å². The minimum absolute atomic E-state index is 0.257. The number of hydrogen-bond acceptors (Lipinski definition) is 6. The van der Waals surface area contributed by atoms with Gasteiger partial charge >= 0.3 is 6.03 Å². The van der Waals surface area contributed by atoms with Crippen LogP contribution in [0.5, 0.6) is 11.5 Å². The van der Waals surface area contributed by atoms with E-state index < -0.39 is 6.03 Å². The van der Waals surface area contributed by atoms with E-state index in [1.165, 1.54) is 16.7 Å². The third-order valence-corrected chi connectivity index (χ3v) is 4.79. The summed E-state index contributed by atoms with van der Waals surface area (Å²) in [5, 5.41) is 2.73. The lowest BCUT2D eigenvalue weighted by molar-refractivity contribution is -0.135. The first-order valence-electron chi connectivity index (χ1n) is 8.58. The molecule has 0 aromatic heterocycles. The molecule has 0 atom stereocenters. The van der Waals surface area contributed by atoms with Crippen LogP contribution in [0.1, 0.15) is 0 Å². The van der Waals surface area contributed by atoms with E-state index >= 15 is 0 Å². The average molecular weight is 403 g/mol. The second-order valence-electron chi connectivity index (χ2n) is 6.04. The van der Waals surface area contributed by atoms with Crippen LogP contribution in [0.3, 0.4) is 0 Å². The Labute approximate surface area is 167 Å². The summed E-state index contributed by atoms with van der Waals surface area (Å²) in [7, 11) is 3.21. The van der Waals surface area contributed by atoms with Crippen molar-refractivity contribution in [3.8, 4) is 11.5 Å². The fourth-order valence-electron chi connectivity index (χ4n) is 2.31. The summed E-state index contributed by atoms with van der Waals surface area (Å²) >= 11 is 1.48. The molecule has 0 unspecified atom stereocenters. The van der Waals surface area contributed by atoms with Crippen molar-refractivity contribution in [1.82, 2.24) is 10.4 Å². The van der Waals surface area contributed by atoms with Crippen molar-refractivity contribution in [3.63, 3.8) is 0 Å². The van der Waals surface area contributed by atoms with E-state index in [1.807, 2.05) is 36.4 Å². The van der Waals surface area contributed by atoms with Gasteiger partial charge in [0.2, 0.25) is 0 Å². The molecule has 28 heavy (non-hydrogen) atoms. The molecule has 0 radical (unpaired) electrons. The Morgan fingerprint density at radius 1 is 1.11 bits per heavy atom. The standard InChI is InChI=1S/C19H21N3O5S/c1-22(2)18(23)12-27-21-19(24)20-14-10-15-16(26-9-8-25-15)11-17(14)28-13-6-4-3-5-7-13/h3-7,10-11H,8-9,12H2,1-2H3,(H2,20,21,24). The molecule has 0 saturated heterocycles. The van der Waals surface area contributed by atoms with Crippen molar-refractivity contribution in [1.29, 1.82) is 0 Å². The van der Waals surface area contributed by atoms with Gasteiger partial charge in [-0.3, -0.25) is 9.63 Å². The molecule has 8 nitrogen and oxygen atoms in total. The van der Waals surface area contributed by atoms with Crippen LogP contribution in [0, 0.1) is 0 Å². The van der Waals surface area contributed by atoms with Crippen LogP contribution in [-0.4, -0.2) is 50.8 Å². The molecule has 3 amide bonds. The number of anilines is 1. The van der Waals surface area contributed by atoms with Crippen molar-refractivity contribution >= 4 is 29.4 Å². The fraction of sp³-hybridized carbons (Fsp3) is 0.263. The number of hydroxylamine groups is 1. The summed E-state index contributed by atoms with van der Waals surface area (Å²) in [6.07, 6.45) is 0. The minimum atomic E-state index is -0.599. The lowest BCUT2D eigenvalue weighted by Crippen LogP contribution is -2.34. The van der Waals surface area contributed by atoms with E-state index in [0.717, 1.165) is 9.79 Å². The predicted octanol–water partition coefficient (Wildman–Crippen LogP) is 2.75. The molecule has 1 aliphatic heterocycles. The largest absolute Gasteiger partial charge is 0.486 e. The molecular weight excluding hydrogens is 382 g/mol. The van der Waals surface area contributed by atoms with Crippen molar-refractivity contribution in [3.05, 3.63) is 42.5 Å². The molecule has 0 fully saturated rings. The van der Waals surface area contributed by atoms with Crippen molar-refractivity contribution < 1.29 is 23.9 Å². The highest BCUT2D eigenvalue weighted by atomic mass is 32.2. The van der Waals surface area contributed by atoms with Crippen LogP contribution in [0.25, 0.3) is 0 Å². The number of rotatable bonds is 6. The number of hydrogen-bond donors (Lipinski definition) is 2. The van der Waals surface area contributed by atoms with Crippen LogP contribution in [-0.2, 0) is 9.63 Å². The van der Waals surface area contributed by atoms with Crippen LogP contribution in [0.4, 0.5) is 10.5 Å². The number of carbonyl (C=O) groups excluding carboxylic acids is 2. The normalized spacial score (nSPS) is 12.2. The summed E-state index contributed by atoms with van der Waals surface area (Å²) in [5.74, 6) is 0.922. The number of fused-ring (bicyclic) bond motifs is 1. The first-order valence-corrected chi connectivity index (χ1v) is 9.40. The number of urea groups is 1. The number of ether oxygens (including phenoxy) is 2. The Morgan fingerprint density at radius 3 is 2.46 bits per heavy atom. The molecule has 2 aromatic carbocycles. The SMILES string of the molecule is CN(C)C(=O)CONC(=O)Nc1cc2c(cc1Sc1ccccc1)OCCO2. The molecule has 0 spiro atoms. The van der Waals surface area contributed by atoms with E-state index in [0.29, 0.717) is 30.4 Å². The average Bonchev–Trinajstić information content (AvgIpc) is 2.69. The highest BCUT2D eigenvalue weighted by Crippen LogP contribution is 2.42. The number of amides is 3. The maximum atomic E-state index is 12.2. The van der Waals surface area contributed by atoms with Crippen LogP contribution in [0.2, 0.25) is 0 Å².